The highest BCUT2D eigenvalue weighted by Gasteiger charge is 2.46. The Kier molecular flexibility index (Phi) is 11.7. The molecule has 2 unspecified atom stereocenters. The second-order valence-corrected chi connectivity index (χ2v) is 18.0. The molecule has 2 aromatic carbocycles. The van der Waals surface area contributed by atoms with Gasteiger partial charge in [0.1, 0.15) is 23.9 Å². The molecule has 1 aromatic heterocycles. The number of aliphatic imine (C=N–C) groups is 1. The van der Waals surface area contributed by atoms with E-state index >= 15 is 0 Å². The molecule has 4 amide bonds. The number of hydrogen-bond donors (Lipinski definition) is 3. The number of fused-ring (bicyclic) bond motifs is 5. The molecule has 0 radical (unpaired) electrons. The number of aromatic nitrogens is 2. The van der Waals surface area contributed by atoms with Gasteiger partial charge in [-0.05, 0) is 84.5 Å². The molecule has 3 N–H and O–H groups in total. The number of alkyl carbamates (subject to hydrolysis) is 2. The number of carbonyl (C=O) groups excluding carboxylic acids is 4. The number of aromatic amines is 1. The van der Waals surface area contributed by atoms with Crippen molar-refractivity contribution in [1.29, 1.82) is 0 Å². The third kappa shape index (κ3) is 7.73. The quantitative estimate of drug-likeness (QED) is 0.167. The van der Waals surface area contributed by atoms with Crippen LogP contribution in [-0.4, -0.2) is 107 Å². The highest BCUT2D eigenvalue weighted by molar-refractivity contribution is 6.05. The number of allylic oxidation sites excluding steroid dienone is 1. The molecule has 326 valence electrons. The van der Waals surface area contributed by atoms with Crippen molar-refractivity contribution in [3.63, 3.8) is 0 Å². The summed E-state index contributed by atoms with van der Waals surface area (Å²) in [5, 5.41) is 5.46. The molecule has 14 heteroatoms. The molecular weight excluding hydrogens is 785 g/mol. The van der Waals surface area contributed by atoms with Gasteiger partial charge >= 0.3 is 12.2 Å². The van der Waals surface area contributed by atoms with Gasteiger partial charge in [0, 0.05) is 43.5 Å². The minimum Gasteiger partial charge on any atom is -0.453 e. The molecule has 8 rings (SSSR count). The van der Waals surface area contributed by atoms with Crippen LogP contribution < -0.4 is 10.6 Å². The lowest BCUT2D eigenvalue weighted by Crippen LogP contribution is -2.54. The summed E-state index contributed by atoms with van der Waals surface area (Å²) in [4.78, 5) is 71.3. The highest BCUT2D eigenvalue weighted by atomic mass is 16.5. The lowest BCUT2D eigenvalue weighted by atomic mass is 9.81. The zero-order valence-corrected chi connectivity index (χ0v) is 37.1. The normalized spacial score (nSPS) is 22.6. The SMILES string of the molecule is COC(=O)N[C@H](C(=O)N1CC(C)=C[C@H]1C1=NC=C(c2ccc(-c3ccc(-c4cnc([C@@H]5C=C(C)CN5C(=O)[C@@H](NC(=O)OC)C(C)C)[nH]4)cc3)c3c2C2CCC3N2C)C1)C(C)C. The average molecular weight is 843 g/mol. The summed E-state index contributed by atoms with van der Waals surface area (Å²) in [6.45, 7) is 12.6. The molecule has 5 aliphatic heterocycles. The monoisotopic (exact) mass is 842 g/mol. The van der Waals surface area contributed by atoms with Crippen LogP contribution >= 0.6 is 0 Å². The molecule has 2 bridgehead atoms. The number of H-pyrrole nitrogens is 1. The summed E-state index contributed by atoms with van der Waals surface area (Å²) in [6.07, 6.45) is 9.54. The average Bonchev–Trinajstić information content (AvgIpc) is 4.13. The van der Waals surface area contributed by atoms with E-state index in [4.69, 9.17) is 19.5 Å². The molecule has 5 aliphatic rings. The Balaban J connectivity index is 1.02. The van der Waals surface area contributed by atoms with Crippen molar-refractivity contribution in [3.05, 3.63) is 94.6 Å². The molecule has 3 aromatic rings. The van der Waals surface area contributed by atoms with Crippen LogP contribution in [0.1, 0.15) is 101 Å². The van der Waals surface area contributed by atoms with Crippen LogP contribution in [0, 0.1) is 11.8 Å². The maximum Gasteiger partial charge on any atom is 0.407 e. The molecule has 0 saturated carbocycles. The fourth-order valence-electron chi connectivity index (χ4n) is 10.0. The Labute approximate surface area is 363 Å². The minimum atomic E-state index is -0.735. The standard InChI is InChI=1S/C48H58N8O6/c1-25(2)42(52-47(59)61-8)45(57)55-23-27(5)18-38(55)34-20-31(21-49-34)33-15-14-32(40-36-16-17-37(41(33)40)54(36)7)29-10-12-30(13-11-29)35-22-50-44(51-35)39-19-28(6)24-56(39)46(58)43(26(3)4)53-48(60)62-9/h10-15,18-19,21-22,25-26,36-39,42-43H,16-17,20,23-24H2,1-9H3,(H,50,51)(H,52,59)(H,53,60)/t36?,37?,38-,39-,42-,43-/m0/s1. The molecule has 6 heterocycles. The first-order chi connectivity index (χ1) is 29.7. The molecule has 62 heavy (non-hydrogen) atoms. The van der Waals surface area contributed by atoms with Crippen molar-refractivity contribution in [2.45, 2.75) is 97.1 Å². The number of nitrogens with zero attached hydrogens (tertiary/aromatic N) is 5. The van der Waals surface area contributed by atoms with Crippen molar-refractivity contribution >= 4 is 35.3 Å². The minimum absolute atomic E-state index is 0.123. The first kappa shape index (κ1) is 42.7. The van der Waals surface area contributed by atoms with E-state index in [1.807, 2.05) is 64.9 Å². The number of rotatable bonds is 11. The van der Waals surface area contributed by atoms with Crippen LogP contribution in [0.15, 0.2) is 77.1 Å². The zero-order valence-electron chi connectivity index (χ0n) is 37.1. The van der Waals surface area contributed by atoms with E-state index in [1.165, 1.54) is 36.5 Å². The fourth-order valence-corrected chi connectivity index (χ4v) is 10.0. The first-order valence-electron chi connectivity index (χ1n) is 21.6. The van der Waals surface area contributed by atoms with Crippen molar-refractivity contribution in [1.82, 2.24) is 35.3 Å². The number of carbonyl (C=O) groups is 4. The van der Waals surface area contributed by atoms with Gasteiger partial charge in [-0.15, -0.1) is 0 Å². The fraction of sp³-hybridized carbons (Fsp3) is 0.458. The summed E-state index contributed by atoms with van der Waals surface area (Å²) >= 11 is 0. The van der Waals surface area contributed by atoms with Crippen LogP contribution in [0.25, 0.3) is 28.0 Å². The highest BCUT2D eigenvalue weighted by Crippen LogP contribution is 2.57. The summed E-state index contributed by atoms with van der Waals surface area (Å²) < 4.78 is 9.63. The maximum absolute atomic E-state index is 13.9. The van der Waals surface area contributed by atoms with Crippen LogP contribution in [-0.2, 0) is 19.1 Å². The maximum atomic E-state index is 13.9. The van der Waals surface area contributed by atoms with E-state index in [-0.39, 0.29) is 29.7 Å². The molecule has 1 fully saturated rings. The van der Waals surface area contributed by atoms with Gasteiger partial charge in [-0.25, -0.2) is 14.6 Å². The summed E-state index contributed by atoms with van der Waals surface area (Å²) in [5.41, 5.74) is 12.4. The van der Waals surface area contributed by atoms with E-state index in [0.29, 0.717) is 37.4 Å². The second-order valence-electron chi connectivity index (χ2n) is 18.0. The Hall–Kier alpha value is -6.02. The molecule has 0 spiro atoms. The van der Waals surface area contributed by atoms with Crippen LogP contribution in [0.2, 0.25) is 0 Å². The van der Waals surface area contributed by atoms with Crippen molar-refractivity contribution in [2.75, 3.05) is 34.4 Å². The van der Waals surface area contributed by atoms with Gasteiger partial charge in [-0.1, -0.05) is 87.4 Å². The summed E-state index contributed by atoms with van der Waals surface area (Å²) in [7, 11) is 4.83. The van der Waals surface area contributed by atoms with Gasteiger partial charge in [-0.2, -0.15) is 0 Å². The molecule has 14 nitrogen and oxygen atoms in total. The van der Waals surface area contributed by atoms with Crippen LogP contribution in [0.4, 0.5) is 9.59 Å². The van der Waals surface area contributed by atoms with E-state index in [2.05, 4.69) is 70.0 Å². The van der Waals surface area contributed by atoms with E-state index in [0.717, 1.165) is 52.1 Å². The summed E-state index contributed by atoms with van der Waals surface area (Å²) in [6, 6.07) is 11.6. The molecule has 6 atom stereocenters. The van der Waals surface area contributed by atoms with Crippen molar-refractivity contribution in [2.24, 2.45) is 16.8 Å². The van der Waals surface area contributed by atoms with E-state index in [1.54, 1.807) is 4.90 Å². The predicted molar refractivity (Wildman–Crippen MR) is 238 cm³/mol. The number of hydrogen-bond acceptors (Lipinski definition) is 9. The van der Waals surface area contributed by atoms with Gasteiger partial charge in [-0.3, -0.25) is 19.5 Å². The molecule has 1 saturated heterocycles. The topological polar surface area (TPSA) is 162 Å². The Morgan fingerprint density at radius 1 is 0.742 bits per heavy atom. The lowest BCUT2D eigenvalue weighted by Gasteiger charge is -2.31. The Morgan fingerprint density at radius 2 is 1.26 bits per heavy atom. The largest absolute Gasteiger partial charge is 0.453 e. The van der Waals surface area contributed by atoms with Gasteiger partial charge < -0.3 is 34.9 Å². The third-order valence-corrected chi connectivity index (χ3v) is 13.2. The molecular formula is C48H58N8O6. The second kappa shape index (κ2) is 17.0. The van der Waals surface area contributed by atoms with Gasteiger partial charge in [0.2, 0.25) is 11.8 Å². The number of benzene rings is 2. The Morgan fingerprint density at radius 3 is 1.82 bits per heavy atom. The number of amides is 4. The van der Waals surface area contributed by atoms with E-state index < -0.39 is 30.3 Å². The van der Waals surface area contributed by atoms with Gasteiger partial charge in [0.25, 0.3) is 0 Å². The van der Waals surface area contributed by atoms with Gasteiger partial charge in [0.05, 0.1) is 32.2 Å². The smallest absolute Gasteiger partial charge is 0.407 e. The van der Waals surface area contributed by atoms with Crippen molar-refractivity contribution < 1.29 is 28.7 Å². The zero-order chi connectivity index (χ0) is 44.1. The van der Waals surface area contributed by atoms with Crippen molar-refractivity contribution in [3.8, 4) is 22.4 Å². The first-order valence-corrected chi connectivity index (χ1v) is 21.6. The van der Waals surface area contributed by atoms with E-state index in [9.17, 15) is 19.2 Å². The Bertz CT molecular complexity index is 2410. The van der Waals surface area contributed by atoms with Crippen LogP contribution in [0.5, 0.6) is 0 Å². The molecule has 0 aliphatic carbocycles. The number of nitrogens with one attached hydrogen (secondary N) is 3. The number of methoxy groups -OCH3 is 2. The number of ether oxygens (including phenoxy) is 2. The predicted octanol–water partition coefficient (Wildman–Crippen LogP) is 7.50. The lowest BCUT2D eigenvalue weighted by molar-refractivity contribution is -0.135. The number of imidazole rings is 1. The summed E-state index contributed by atoms with van der Waals surface area (Å²) in [5.74, 6) is 0.0618. The van der Waals surface area contributed by atoms with Crippen LogP contribution in [0.3, 0.4) is 0 Å². The third-order valence-electron chi connectivity index (χ3n) is 13.2. The van der Waals surface area contributed by atoms with Gasteiger partial charge in [0.15, 0.2) is 0 Å².